The highest BCUT2D eigenvalue weighted by Gasteiger charge is 2.15. The van der Waals surface area contributed by atoms with E-state index in [1.165, 1.54) is 0 Å². The van der Waals surface area contributed by atoms with Gasteiger partial charge >= 0.3 is 0 Å². The summed E-state index contributed by atoms with van der Waals surface area (Å²) in [5.74, 6) is 0.658. The third-order valence-corrected chi connectivity index (χ3v) is 4.17. The lowest BCUT2D eigenvalue weighted by Gasteiger charge is -2.28. The number of pyridine rings is 1. The van der Waals surface area contributed by atoms with Gasteiger partial charge in [0.15, 0.2) is 11.5 Å². The van der Waals surface area contributed by atoms with Crippen LogP contribution in [0, 0.1) is 0 Å². The minimum absolute atomic E-state index is 0.211. The first kappa shape index (κ1) is 16.3. The molecule has 0 bridgehead atoms. The van der Waals surface area contributed by atoms with Crippen molar-refractivity contribution >= 4 is 17.4 Å². The number of aromatic nitrogens is 2. The van der Waals surface area contributed by atoms with Gasteiger partial charge in [-0.2, -0.15) is 0 Å². The number of morpholine rings is 1. The van der Waals surface area contributed by atoms with Gasteiger partial charge in [0.25, 0.3) is 5.91 Å². The fourth-order valence-electron chi connectivity index (χ4n) is 2.77. The standard InChI is InChI=1S/C19H18N4O3/c24-19(16-12-17(26-22-16)14-4-2-1-3-5-14)21-18-7-6-15(13-20-18)23-8-10-25-11-9-23/h1-7,12-13H,8-11H2,(H,20,21,24). The van der Waals surface area contributed by atoms with Crippen molar-refractivity contribution in [2.24, 2.45) is 0 Å². The van der Waals surface area contributed by atoms with Gasteiger partial charge in [0.1, 0.15) is 5.82 Å². The number of nitrogens with zero attached hydrogens (tertiary/aromatic N) is 3. The second-order valence-corrected chi connectivity index (χ2v) is 5.90. The summed E-state index contributed by atoms with van der Waals surface area (Å²) in [7, 11) is 0. The smallest absolute Gasteiger partial charge is 0.279 e. The molecule has 26 heavy (non-hydrogen) atoms. The number of nitrogens with one attached hydrogen (secondary N) is 1. The van der Waals surface area contributed by atoms with Crippen LogP contribution in [-0.4, -0.2) is 42.4 Å². The summed E-state index contributed by atoms with van der Waals surface area (Å²) in [6.45, 7) is 3.12. The number of rotatable bonds is 4. The van der Waals surface area contributed by atoms with Crippen LogP contribution in [0.3, 0.4) is 0 Å². The van der Waals surface area contributed by atoms with Gasteiger partial charge in [-0.05, 0) is 12.1 Å². The zero-order valence-electron chi connectivity index (χ0n) is 14.1. The molecule has 1 saturated heterocycles. The first-order chi connectivity index (χ1) is 12.8. The van der Waals surface area contributed by atoms with Crippen molar-refractivity contribution in [2.75, 3.05) is 36.5 Å². The van der Waals surface area contributed by atoms with Crippen molar-refractivity contribution in [1.29, 1.82) is 0 Å². The highest BCUT2D eigenvalue weighted by Crippen LogP contribution is 2.21. The van der Waals surface area contributed by atoms with Gasteiger partial charge in [-0.1, -0.05) is 35.5 Å². The van der Waals surface area contributed by atoms with E-state index in [0.717, 1.165) is 24.3 Å². The lowest BCUT2D eigenvalue weighted by atomic mass is 10.1. The molecule has 3 heterocycles. The number of amides is 1. The van der Waals surface area contributed by atoms with Crippen LogP contribution in [0.1, 0.15) is 10.5 Å². The Morgan fingerprint density at radius 1 is 1.08 bits per heavy atom. The summed E-state index contributed by atoms with van der Waals surface area (Å²) in [5.41, 5.74) is 2.09. The van der Waals surface area contributed by atoms with E-state index >= 15 is 0 Å². The van der Waals surface area contributed by atoms with Crippen LogP contribution in [0.2, 0.25) is 0 Å². The molecule has 1 N–H and O–H groups in total. The predicted molar refractivity (Wildman–Crippen MR) is 97.2 cm³/mol. The van der Waals surface area contributed by atoms with E-state index < -0.39 is 0 Å². The Morgan fingerprint density at radius 3 is 2.62 bits per heavy atom. The first-order valence-electron chi connectivity index (χ1n) is 8.42. The van der Waals surface area contributed by atoms with Gasteiger partial charge < -0.3 is 19.5 Å². The number of benzene rings is 1. The van der Waals surface area contributed by atoms with E-state index in [-0.39, 0.29) is 11.6 Å². The maximum Gasteiger partial charge on any atom is 0.279 e. The molecule has 0 atom stereocenters. The lowest BCUT2D eigenvalue weighted by molar-refractivity contribution is 0.101. The first-order valence-corrected chi connectivity index (χ1v) is 8.42. The number of carbonyl (C=O) groups excluding carboxylic acids is 1. The van der Waals surface area contributed by atoms with Crippen molar-refractivity contribution in [3.8, 4) is 11.3 Å². The number of anilines is 2. The highest BCUT2D eigenvalue weighted by molar-refractivity contribution is 6.02. The number of hydrogen-bond donors (Lipinski definition) is 1. The van der Waals surface area contributed by atoms with Crippen LogP contribution in [0.4, 0.5) is 11.5 Å². The molecule has 3 aromatic rings. The van der Waals surface area contributed by atoms with Crippen molar-refractivity contribution in [3.63, 3.8) is 0 Å². The maximum atomic E-state index is 12.3. The summed E-state index contributed by atoms with van der Waals surface area (Å²) in [6.07, 6.45) is 1.75. The molecule has 4 rings (SSSR count). The molecule has 7 heteroatoms. The van der Waals surface area contributed by atoms with E-state index in [1.807, 2.05) is 36.4 Å². The average molecular weight is 350 g/mol. The van der Waals surface area contributed by atoms with Gasteiger partial charge in [0.05, 0.1) is 25.1 Å². The van der Waals surface area contributed by atoms with Crippen LogP contribution in [0.15, 0.2) is 59.3 Å². The highest BCUT2D eigenvalue weighted by atomic mass is 16.5. The fraction of sp³-hybridized carbons (Fsp3) is 0.211. The second-order valence-electron chi connectivity index (χ2n) is 5.90. The zero-order chi connectivity index (χ0) is 17.8. The van der Waals surface area contributed by atoms with E-state index in [2.05, 4.69) is 20.4 Å². The Morgan fingerprint density at radius 2 is 1.88 bits per heavy atom. The molecule has 1 amide bonds. The topological polar surface area (TPSA) is 80.5 Å². The molecular weight excluding hydrogens is 332 g/mol. The normalized spacial score (nSPS) is 14.2. The average Bonchev–Trinajstić information content (AvgIpc) is 3.20. The van der Waals surface area contributed by atoms with Crippen molar-refractivity contribution in [2.45, 2.75) is 0 Å². The molecule has 0 radical (unpaired) electrons. The van der Waals surface area contributed by atoms with Crippen LogP contribution >= 0.6 is 0 Å². The van der Waals surface area contributed by atoms with E-state index in [1.54, 1.807) is 18.3 Å². The minimum atomic E-state index is -0.359. The van der Waals surface area contributed by atoms with Crippen molar-refractivity contribution in [1.82, 2.24) is 10.1 Å². The number of ether oxygens (including phenoxy) is 1. The van der Waals surface area contributed by atoms with Crippen LogP contribution in [-0.2, 0) is 4.74 Å². The molecule has 1 aromatic carbocycles. The quantitative estimate of drug-likeness (QED) is 0.779. The molecule has 132 valence electrons. The Balaban J connectivity index is 1.42. The zero-order valence-corrected chi connectivity index (χ0v) is 14.1. The van der Waals surface area contributed by atoms with Crippen molar-refractivity contribution in [3.05, 3.63) is 60.4 Å². The Kier molecular flexibility index (Phi) is 4.61. The van der Waals surface area contributed by atoms with Gasteiger partial charge in [0, 0.05) is 24.7 Å². The molecule has 0 saturated carbocycles. The monoisotopic (exact) mass is 350 g/mol. The molecule has 0 spiro atoms. The summed E-state index contributed by atoms with van der Waals surface area (Å²) in [6, 6.07) is 14.8. The molecule has 0 unspecified atom stereocenters. The summed E-state index contributed by atoms with van der Waals surface area (Å²) < 4.78 is 10.6. The van der Waals surface area contributed by atoms with Crippen LogP contribution < -0.4 is 10.2 Å². The second kappa shape index (κ2) is 7.37. The van der Waals surface area contributed by atoms with Gasteiger partial charge in [0.2, 0.25) is 0 Å². The van der Waals surface area contributed by atoms with E-state index in [9.17, 15) is 4.79 Å². The van der Waals surface area contributed by atoms with Gasteiger partial charge in [-0.25, -0.2) is 4.98 Å². The molecule has 1 aliphatic heterocycles. The minimum Gasteiger partial charge on any atom is -0.378 e. The SMILES string of the molecule is O=C(Nc1ccc(N2CCOCC2)cn1)c1cc(-c2ccccc2)on1. The summed E-state index contributed by atoms with van der Waals surface area (Å²) >= 11 is 0. The lowest BCUT2D eigenvalue weighted by Crippen LogP contribution is -2.36. The van der Waals surface area contributed by atoms with Gasteiger partial charge in [-0.15, -0.1) is 0 Å². The fourth-order valence-corrected chi connectivity index (χ4v) is 2.77. The number of carbonyl (C=O) groups is 1. The summed E-state index contributed by atoms with van der Waals surface area (Å²) in [4.78, 5) is 18.9. The Hall–Kier alpha value is -3.19. The van der Waals surface area contributed by atoms with Crippen LogP contribution in [0.5, 0.6) is 0 Å². The Bertz CT molecular complexity index is 871. The summed E-state index contributed by atoms with van der Waals surface area (Å²) in [5, 5.41) is 6.58. The van der Waals surface area contributed by atoms with Crippen molar-refractivity contribution < 1.29 is 14.1 Å². The Labute approximate surface area is 150 Å². The third-order valence-electron chi connectivity index (χ3n) is 4.17. The van der Waals surface area contributed by atoms with Crippen LogP contribution in [0.25, 0.3) is 11.3 Å². The molecule has 0 aliphatic carbocycles. The molecule has 2 aromatic heterocycles. The number of hydrogen-bond acceptors (Lipinski definition) is 6. The predicted octanol–water partition coefficient (Wildman–Crippen LogP) is 2.83. The van der Waals surface area contributed by atoms with E-state index in [4.69, 9.17) is 9.26 Å². The largest absolute Gasteiger partial charge is 0.378 e. The molecule has 1 fully saturated rings. The van der Waals surface area contributed by atoms with Gasteiger partial charge in [-0.3, -0.25) is 4.79 Å². The molecule has 7 nitrogen and oxygen atoms in total. The third kappa shape index (κ3) is 3.57. The molecular formula is C19H18N4O3. The molecule has 1 aliphatic rings. The van der Waals surface area contributed by atoms with E-state index in [0.29, 0.717) is 24.8 Å². The maximum absolute atomic E-state index is 12.3.